The van der Waals surface area contributed by atoms with Gasteiger partial charge in [-0.05, 0) is 12.1 Å². The molecule has 0 aliphatic rings. The molecule has 0 unspecified atom stereocenters. The zero-order valence-corrected chi connectivity index (χ0v) is 8.81. The summed E-state index contributed by atoms with van der Waals surface area (Å²) in [7, 11) is 0. The highest BCUT2D eigenvalue weighted by Gasteiger charge is 2.04. The van der Waals surface area contributed by atoms with E-state index in [2.05, 4.69) is 16.5 Å². The van der Waals surface area contributed by atoms with Gasteiger partial charge in [-0.15, -0.1) is 0 Å². The fourth-order valence-corrected chi connectivity index (χ4v) is 1.58. The smallest absolute Gasteiger partial charge is 0.123 e. The molecule has 0 atom stereocenters. The molecule has 2 rings (SSSR count). The molecule has 0 saturated heterocycles. The van der Waals surface area contributed by atoms with Crippen molar-refractivity contribution in [3.63, 3.8) is 0 Å². The van der Waals surface area contributed by atoms with Gasteiger partial charge in [0, 0.05) is 18.8 Å². The van der Waals surface area contributed by atoms with E-state index in [0.717, 1.165) is 30.3 Å². The number of hydrogen-bond donors (Lipinski definition) is 1. The van der Waals surface area contributed by atoms with Crippen molar-refractivity contribution in [1.29, 1.82) is 0 Å². The van der Waals surface area contributed by atoms with Crippen LogP contribution in [0.3, 0.4) is 0 Å². The van der Waals surface area contributed by atoms with Crippen molar-refractivity contribution in [2.45, 2.75) is 26.4 Å². The lowest BCUT2D eigenvalue weighted by atomic mass is 10.4. The molecule has 2 N–H and O–H groups in total. The van der Waals surface area contributed by atoms with E-state index in [0.29, 0.717) is 6.54 Å². The molecule has 0 aliphatic heterocycles. The Balaban J connectivity index is 2.14. The Kier molecular flexibility index (Phi) is 2.87. The van der Waals surface area contributed by atoms with Crippen LogP contribution in [0, 0.1) is 0 Å². The molecule has 0 radical (unpaired) electrons. The maximum atomic E-state index is 5.53. The van der Waals surface area contributed by atoms with Crippen LogP contribution in [-0.4, -0.2) is 9.55 Å². The van der Waals surface area contributed by atoms with Gasteiger partial charge in [-0.25, -0.2) is 4.98 Å². The number of aryl methyl sites for hydroxylation is 1. The Morgan fingerprint density at radius 1 is 1.40 bits per heavy atom. The van der Waals surface area contributed by atoms with Crippen LogP contribution in [0.1, 0.15) is 24.3 Å². The quantitative estimate of drug-likeness (QED) is 0.823. The van der Waals surface area contributed by atoms with Gasteiger partial charge in [0.25, 0.3) is 0 Å². The molecule has 4 nitrogen and oxygen atoms in total. The first-order valence-corrected chi connectivity index (χ1v) is 5.11. The molecular formula is C11H15N3O. The number of nitrogens with two attached hydrogens (primary N) is 1. The Hall–Kier alpha value is -1.55. The first-order chi connectivity index (χ1) is 7.33. The van der Waals surface area contributed by atoms with E-state index in [1.54, 1.807) is 0 Å². The van der Waals surface area contributed by atoms with Gasteiger partial charge in [0.1, 0.15) is 17.3 Å². The minimum atomic E-state index is 0.449. The van der Waals surface area contributed by atoms with Crippen LogP contribution >= 0.6 is 0 Å². The van der Waals surface area contributed by atoms with E-state index in [4.69, 9.17) is 10.2 Å². The lowest BCUT2D eigenvalue weighted by Gasteiger charge is -2.03. The van der Waals surface area contributed by atoms with E-state index >= 15 is 0 Å². The third kappa shape index (κ3) is 2.10. The van der Waals surface area contributed by atoms with Gasteiger partial charge in [0.05, 0.1) is 13.1 Å². The number of hydrogen-bond acceptors (Lipinski definition) is 3. The second-order valence-corrected chi connectivity index (χ2v) is 3.40. The van der Waals surface area contributed by atoms with Crippen molar-refractivity contribution in [3.8, 4) is 0 Å². The first-order valence-electron chi connectivity index (χ1n) is 5.11. The van der Waals surface area contributed by atoms with Gasteiger partial charge < -0.3 is 14.7 Å². The molecule has 0 amide bonds. The molecule has 0 aliphatic carbocycles. The number of imidazole rings is 1. The summed E-state index contributed by atoms with van der Waals surface area (Å²) in [6.07, 6.45) is 4.70. The lowest BCUT2D eigenvalue weighted by molar-refractivity contribution is 0.452. The van der Waals surface area contributed by atoms with Crippen molar-refractivity contribution >= 4 is 0 Å². The molecular weight excluding hydrogens is 190 g/mol. The van der Waals surface area contributed by atoms with Crippen molar-refractivity contribution in [2.75, 3.05) is 0 Å². The Morgan fingerprint density at radius 3 is 2.87 bits per heavy atom. The standard InChI is InChI=1S/C11H15N3O/c1-2-11-13-5-6-14(11)8-10-4-3-9(7-12)15-10/h3-6H,2,7-8,12H2,1H3. The molecule has 0 bridgehead atoms. The number of nitrogens with zero attached hydrogens (tertiary/aromatic N) is 2. The topological polar surface area (TPSA) is 57.0 Å². The average Bonchev–Trinajstić information content (AvgIpc) is 2.87. The highest BCUT2D eigenvalue weighted by Crippen LogP contribution is 2.10. The van der Waals surface area contributed by atoms with Crippen LogP contribution in [0.25, 0.3) is 0 Å². The average molecular weight is 205 g/mol. The minimum absolute atomic E-state index is 0.449. The summed E-state index contributed by atoms with van der Waals surface area (Å²) in [4.78, 5) is 4.25. The van der Waals surface area contributed by atoms with Gasteiger partial charge in [0.2, 0.25) is 0 Å². The molecule has 2 heterocycles. The second-order valence-electron chi connectivity index (χ2n) is 3.40. The van der Waals surface area contributed by atoms with Gasteiger partial charge in [-0.3, -0.25) is 0 Å². The molecule has 0 fully saturated rings. The summed E-state index contributed by atoms with van der Waals surface area (Å²) in [6.45, 7) is 3.26. The minimum Gasteiger partial charge on any atom is -0.463 e. The van der Waals surface area contributed by atoms with Crippen LogP contribution in [-0.2, 0) is 19.5 Å². The van der Waals surface area contributed by atoms with Crippen molar-refractivity contribution in [1.82, 2.24) is 9.55 Å². The largest absolute Gasteiger partial charge is 0.463 e. The fraction of sp³-hybridized carbons (Fsp3) is 0.364. The Labute approximate surface area is 88.7 Å². The van der Waals surface area contributed by atoms with Crippen LogP contribution in [0.2, 0.25) is 0 Å². The van der Waals surface area contributed by atoms with Gasteiger partial charge in [0.15, 0.2) is 0 Å². The van der Waals surface area contributed by atoms with Gasteiger partial charge in [-0.2, -0.15) is 0 Å². The predicted octanol–water partition coefficient (Wildman–Crippen LogP) is 1.55. The lowest BCUT2D eigenvalue weighted by Crippen LogP contribution is -2.02. The number of rotatable bonds is 4. The summed E-state index contributed by atoms with van der Waals surface area (Å²) in [5, 5.41) is 0. The van der Waals surface area contributed by atoms with Crippen molar-refractivity contribution in [2.24, 2.45) is 5.73 Å². The van der Waals surface area contributed by atoms with Crippen LogP contribution < -0.4 is 5.73 Å². The zero-order valence-electron chi connectivity index (χ0n) is 8.81. The molecule has 2 aromatic heterocycles. The van der Waals surface area contributed by atoms with Crippen molar-refractivity contribution in [3.05, 3.63) is 41.9 Å². The van der Waals surface area contributed by atoms with Gasteiger partial charge >= 0.3 is 0 Å². The zero-order chi connectivity index (χ0) is 10.7. The maximum Gasteiger partial charge on any atom is 0.123 e. The Bertz CT molecular complexity index is 430. The monoisotopic (exact) mass is 205 g/mol. The summed E-state index contributed by atoms with van der Waals surface area (Å²) in [5.74, 6) is 2.81. The summed E-state index contributed by atoms with van der Waals surface area (Å²) >= 11 is 0. The molecule has 2 aromatic rings. The van der Waals surface area contributed by atoms with E-state index in [1.165, 1.54) is 0 Å². The molecule has 15 heavy (non-hydrogen) atoms. The van der Waals surface area contributed by atoms with Crippen molar-refractivity contribution < 1.29 is 4.42 Å². The predicted molar refractivity (Wildman–Crippen MR) is 57.3 cm³/mol. The molecule has 0 spiro atoms. The van der Waals surface area contributed by atoms with Crippen LogP contribution in [0.5, 0.6) is 0 Å². The summed E-state index contributed by atoms with van der Waals surface area (Å²) < 4.78 is 7.61. The first kappa shape index (κ1) is 9.98. The van der Waals surface area contributed by atoms with E-state index in [-0.39, 0.29) is 0 Å². The molecule has 4 heteroatoms. The SMILES string of the molecule is CCc1nccn1Cc1ccc(CN)o1. The highest BCUT2D eigenvalue weighted by atomic mass is 16.3. The third-order valence-electron chi connectivity index (χ3n) is 2.36. The fourth-order valence-electron chi connectivity index (χ4n) is 1.58. The molecule has 0 saturated carbocycles. The van der Waals surface area contributed by atoms with E-state index < -0.39 is 0 Å². The van der Waals surface area contributed by atoms with Crippen LogP contribution in [0.15, 0.2) is 28.9 Å². The normalized spacial score (nSPS) is 10.8. The Morgan fingerprint density at radius 2 is 2.20 bits per heavy atom. The van der Waals surface area contributed by atoms with Crippen LogP contribution in [0.4, 0.5) is 0 Å². The number of furan rings is 1. The summed E-state index contributed by atoms with van der Waals surface area (Å²) in [6, 6.07) is 3.87. The second kappa shape index (κ2) is 4.31. The molecule has 80 valence electrons. The van der Waals surface area contributed by atoms with Gasteiger partial charge in [-0.1, -0.05) is 6.92 Å². The summed E-state index contributed by atoms with van der Waals surface area (Å²) in [5.41, 5.74) is 5.48. The highest BCUT2D eigenvalue weighted by molar-refractivity contribution is 5.08. The van der Waals surface area contributed by atoms with E-state index in [1.807, 2.05) is 24.5 Å². The molecule has 0 aromatic carbocycles. The number of aromatic nitrogens is 2. The third-order valence-corrected chi connectivity index (χ3v) is 2.36. The van der Waals surface area contributed by atoms with E-state index in [9.17, 15) is 0 Å². The maximum absolute atomic E-state index is 5.53.